The molecule has 1 N–H and O–H groups in total. The SMILES string of the molecule is CC(C)[C@H](NC(=O)c1ccco1)C(=O)O[C@@H](C)c1cccc([N+](=O)[O-])c1. The average molecular weight is 360 g/mol. The predicted molar refractivity (Wildman–Crippen MR) is 92.4 cm³/mol. The number of carbonyl (C=O) groups excluding carboxylic acids is 2. The number of ether oxygens (including phenoxy) is 1. The van der Waals surface area contributed by atoms with Crippen molar-refractivity contribution in [3.8, 4) is 0 Å². The molecular weight excluding hydrogens is 340 g/mol. The van der Waals surface area contributed by atoms with Crippen molar-refractivity contribution < 1.29 is 23.7 Å². The number of non-ortho nitro benzene ring substituents is 1. The number of hydrogen-bond donors (Lipinski definition) is 1. The van der Waals surface area contributed by atoms with Gasteiger partial charge in [0.1, 0.15) is 12.1 Å². The summed E-state index contributed by atoms with van der Waals surface area (Å²) < 4.78 is 10.4. The molecule has 26 heavy (non-hydrogen) atoms. The molecule has 0 fully saturated rings. The van der Waals surface area contributed by atoms with Crippen molar-refractivity contribution in [3.63, 3.8) is 0 Å². The van der Waals surface area contributed by atoms with Gasteiger partial charge in [-0.05, 0) is 30.5 Å². The van der Waals surface area contributed by atoms with Gasteiger partial charge in [0.05, 0.1) is 11.2 Å². The van der Waals surface area contributed by atoms with E-state index in [2.05, 4.69) is 5.32 Å². The summed E-state index contributed by atoms with van der Waals surface area (Å²) in [6.45, 7) is 5.15. The number of furan rings is 1. The zero-order chi connectivity index (χ0) is 19.3. The number of nitrogens with one attached hydrogen (secondary N) is 1. The number of nitro benzene ring substituents is 1. The van der Waals surface area contributed by atoms with Crippen LogP contribution in [0.1, 0.15) is 43.0 Å². The normalized spacial score (nSPS) is 13.1. The van der Waals surface area contributed by atoms with Gasteiger partial charge in [0.2, 0.25) is 0 Å². The van der Waals surface area contributed by atoms with E-state index in [-0.39, 0.29) is 17.4 Å². The Bertz CT molecular complexity index is 785. The molecule has 0 saturated heterocycles. The molecule has 0 saturated carbocycles. The highest BCUT2D eigenvalue weighted by Gasteiger charge is 2.28. The summed E-state index contributed by atoms with van der Waals surface area (Å²) in [5, 5.41) is 13.5. The fourth-order valence-electron chi connectivity index (χ4n) is 2.32. The molecule has 0 unspecified atom stereocenters. The van der Waals surface area contributed by atoms with Crippen LogP contribution < -0.4 is 5.32 Å². The second kappa shape index (κ2) is 8.28. The van der Waals surface area contributed by atoms with Crippen molar-refractivity contribution in [3.05, 3.63) is 64.1 Å². The maximum Gasteiger partial charge on any atom is 0.329 e. The van der Waals surface area contributed by atoms with Crippen LogP contribution in [0.2, 0.25) is 0 Å². The number of benzene rings is 1. The predicted octanol–water partition coefficient (Wildman–Crippen LogP) is 3.25. The Morgan fingerprint density at radius 1 is 1.19 bits per heavy atom. The minimum Gasteiger partial charge on any atom is -0.459 e. The molecule has 1 aromatic heterocycles. The first-order valence-electron chi connectivity index (χ1n) is 8.08. The average Bonchev–Trinajstić information content (AvgIpc) is 3.13. The number of rotatable bonds is 7. The van der Waals surface area contributed by atoms with Crippen LogP contribution in [-0.2, 0) is 9.53 Å². The van der Waals surface area contributed by atoms with Crippen molar-refractivity contribution in [2.45, 2.75) is 32.9 Å². The molecular formula is C18H20N2O6. The molecule has 1 heterocycles. The quantitative estimate of drug-likeness (QED) is 0.461. The fraction of sp³-hybridized carbons (Fsp3) is 0.333. The second-order valence-electron chi connectivity index (χ2n) is 6.10. The third kappa shape index (κ3) is 4.69. The zero-order valence-electron chi connectivity index (χ0n) is 14.7. The van der Waals surface area contributed by atoms with Gasteiger partial charge < -0.3 is 14.5 Å². The van der Waals surface area contributed by atoms with Crippen LogP contribution >= 0.6 is 0 Å². The lowest BCUT2D eigenvalue weighted by Crippen LogP contribution is -2.45. The van der Waals surface area contributed by atoms with Gasteiger partial charge in [0, 0.05) is 12.1 Å². The largest absolute Gasteiger partial charge is 0.459 e. The molecule has 0 bridgehead atoms. The van der Waals surface area contributed by atoms with E-state index in [1.54, 1.807) is 32.9 Å². The number of nitro groups is 1. The van der Waals surface area contributed by atoms with E-state index in [1.165, 1.54) is 30.5 Å². The first-order valence-corrected chi connectivity index (χ1v) is 8.08. The standard InChI is InChI=1S/C18H20N2O6/c1-11(2)16(19-17(21)15-8-5-9-25-15)18(22)26-12(3)13-6-4-7-14(10-13)20(23)24/h4-12,16H,1-3H3,(H,19,21)/t12-,16-/m0/s1. The third-order valence-electron chi connectivity index (χ3n) is 3.80. The minimum absolute atomic E-state index is 0.0862. The van der Waals surface area contributed by atoms with Crippen LogP contribution in [0.4, 0.5) is 5.69 Å². The zero-order valence-corrected chi connectivity index (χ0v) is 14.7. The first-order chi connectivity index (χ1) is 12.3. The van der Waals surface area contributed by atoms with Crippen LogP contribution in [0.3, 0.4) is 0 Å². The Kier molecular flexibility index (Phi) is 6.11. The lowest BCUT2D eigenvalue weighted by atomic mass is 10.0. The molecule has 0 aliphatic heterocycles. The van der Waals surface area contributed by atoms with Crippen LogP contribution in [0.15, 0.2) is 47.1 Å². The molecule has 138 valence electrons. The summed E-state index contributed by atoms with van der Waals surface area (Å²) in [6.07, 6.45) is 0.659. The summed E-state index contributed by atoms with van der Waals surface area (Å²) in [5.41, 5.74) is 0.407. The number of amides is 1. The van der Waals surface area contributed by atoms with E-state index >= 15 is 0 Å². The van der Waals surface area contributed by atoms with Crippen LogP contribution in [0, 0.1) is 16.0 Å². The second-order valence-corrected chi connectivity index (χ2v) is 6.10. The Labute approximate surface area is 150 Å². The highest BCUT2D eigenvalue weighted by molar-refractivity contribution is 5.94. The maximum atomic E-state index is 12.5. The van der Waals surface area contributed by atoms with Gasteiger partial charge in [-0.3, -0.25) is 14.9 Å². The van der Waals surface area contributed by atoms with Crippen molar-refractivity contribution in [1.82, 2.24) is 5.32 Å². The molecule has 2 rings (SSSR count). The van der Waals surface area contributed by atoms with E-state index in [9.17, 15) is 19.7 Å². The smallest absolute Gasteiger partial charge is 0.329 e. The summed E-state index contributed by atoms with van der Waals surface area (Å²) in [4.78, 5) is 35.0. The van der Waals surface area contributed by atoms with E-state index in [4.69, 9.17) is 9.15 Å². The molecule has 0 spiro atoms. The number of carbonyl (C=O) groups is 2. The lowest BCUT2D eigenvalue weighted by Gasteiger charge is -2.23. The monoisotopic (exact) mass is 360 g/mol. The van der Waals surface area contributed by atoms with Crippen molar-refractivity contribution in [2.24, 2.45) is 5.92 Å². The first kappa shape index (κ1) is 19.2. The molecule has 2 aromatic rings. The number of esters is 1. The van der Waals surface area contributed by atoms with Gasteiger partial charge in [0.25, 0.3) is 11.6 Å². The Hall–Kier alpha value is -3.16. The van der Waals surface area contributed by atoms with Crippen LogP contribution in [0.5, 0.6) is 0 Å². The van der Waals surface area contributed by atoms with Gasteiger partial charge in [-0.1, -0.05) is 26.0 Å². The topological polar surface area (TPSA) is 112 Å². The van der Waals surface area contributed by atoms with Crippen LogP contribution in [-0.4, -0.2) is 22.8 Å². The Morgan fingerprint density at radius 3 is 2.50 bits per heavy atom. The summed E-state index contributed by atoms with van der Waals surface area (Å²) >= 11 is 0. The summed E-state index contributed by atoms with van der Waals surface area (Å²) in [7, 11) is 0. The van der Waals surface area contributed by atoms with E-state index in [0.717, 1.165) is 0 Å². The number of hydrogen-bond acceptors (Lipinski definition) is 6. The summed E-state index contributed by atoms with van der Waals surface area (Å²) in [5.74, 6) is -1.28. The van der Waals surface area contributed by atoms with E-state index in [0.29, 0.717) is 5.56 Å². The number of nitrogens with zero attached hydrogens (tertiary/aromatic N) is 1. The lowest BCUT2D eigenvalue weighted by molar-refractivity contribution is -0.385. The van der Waals surface area contributed by atoms with Gasteiger partial charge in [-0.25, -0.2) is 4.79 Å². The van der Waals surface area contributed by atoms with Crippen molar-refractivity contribution >= 4 is 17.6 Å². The van der Waals surface area contributed by atoms with E-state index in [1.807, 2.05) is 0 Å². The summed E-state index contributed by atoms with van der Waals surface area (Å²) in [6, 6.07) is 8.05. The highest BCUT2D eigenvalue weighted by Crippen LogP contribution is 2.22. The third-order valence-corrected chi connectivity index (χ3v) is 3.80. The van der Waals surface area contributed by atoms with Gasteiger partial charge >= 0.3 is 5.97 Å². The molecule has 0 aliphatic rings. The molecule has 1 amide bonds. The van der Waals surface area contributed by atoms with Crippen molar-refractivity contribution in [2.75, 3.05) is 0 Å². The maximum absolute atomic E-state index is 12.5. The van der Waals surface area contributed by atoms with Crippen molar-refractivity contribution in [1.29, 1.82) is 0 Å². The molecule has 0 aliphatic carbocycles. The minimum atomic E-state index is -0.881. The highest BCUT2D eigenvalue weighted by atomic mass is 16.6. The molecule has 8 nitrogen and oxygen atoms in total. The van der Waals surface area contributed by atoms with Crippen LogP contribution in [0.25, 0.3) is 0 Å². The van der Waals surface area contributed by atoms with Gasteiger partial charge in [-0.2, -0.15) is 0 Å². The Balaban J connectivity index is 2.08. The van der Waals surface area contributed by atoms with E-state index < -0.39 is 28.9 Å². The molecule has 0 radical (unpaired) electrons. The van der Waals surface area contributed by atoms with Gasteiger partial charge in [0.15, 0.2) is 5.76 Å². The Morgan fingerprint density at radius 2 is 1.92 bits per heavy atom. The molecule has 1 aromatic carbocycles. The molecule has 8 heteroatoms. The molecule has 2 atom stereocenters. The van der Waals surface area contributed by atoms with Gasteiger partial charge in [-0.15, -0.1) is 0 Å². The fourth-order valence-corrected chi connectivity index (χ4v) is 2.32.